The summed E-state index contributed by atoms with van der Waals surface area (Å²) < 4.78 is 27.9. The van der Waals surface area contributed by atoms with Crippen LogP contribution in [0.2, 0.25) is 0 Å². The summed E-state index contributed by atoms with van der Waals surface area (Å²) in [5, 5.41) is 0. The highest BCUT2D eigenvalue weighted by Gasteiger charge is 2.27. The molecule has 4 aromatic rings. The number of pyridine rings is 1. The zero-order valence-electron chi connectivity index (χ0n) is 30.0. The minimum absolute atomic E-state index is 0.385. The average Bonchev–Trinajstić information content (AvgIpc) is 3.16. The second-order valence-corrected chi connectivity index (χ2v) is 12.8. The number of piperidine rings is 1. The third kappa shape index (κ3) is 8.00. The van der Waals surface area contributed by atoms with Crippen molar-refractivity contribution in [2.45, 2.75) is 25.4 Å². The second kappa shape index (κ2) is 16.0. The van der Waals surface area contributed by atoms with Crippen LogP contribution in [-0.2, 0) is 6.54 Å². The molecule has 0 amide bonds. The lowest BCUT2D eigenvalue weighted by Crippen LogP contribution is -2.45. The molecule has 9 heteroatoms. The van der Waals surface area contributed by atoms with Gasteiger partial charge < -0.3 is 33.5 Å². The fourth-order valence-corrected chi connectivity index (χ4v) is 6.99. The van der Waals surface area contributed by atoms with Crippen molar-refractivity contribution < 1.29 is 23.7 Å². The lowest BCUT2D eigenvalue weighted by molar-refractivity contribution is 0.202. The highest BCUT2D eigenvalue weighted by molar-refractivity contribution is 5.75. The van der Waals surface area contributed by atoms with Crippen molar-refractivity contribution in [3.05, 3.63) is 108 Å². The molecule has 0 radical (unpaired) electrons. The molecule has 0 aliphatic carbocycles. The fourth-order valence-electron chi connectivity index (χ4n) is 6.99. The van der Waals surface area contributed by atoms with E-state index >= 15 is 0 Å². The molecular formula is C41H48N4O5. The number of methoxy groups -OCH3 is 5. The molecule has 262 valence electrons. The summed E-state index contributed by atoms with van der Waals surface area (Å²) in [5.41, 5.74) is 7.96. The molecule has 0 unspecified atom stereocenters. The van der Waals surface area contributed by atoms with E-state index in [1.54, 1.807) is 35.5 Å². The predicted molar refractivity (Wildman–Crippen MR) is 200 cm³/mol. The Labute approximate surface area is 296 Å². The SMILES string of the molecule is COc1ccc(N(CC2=CN(C)CC(c3cc(OC)c(OC)c(OC)c3)=C2)C2CCN(Cc3ccnc(-c4cccc(OC)c4)c3)CC2)cc1. The summed E-state index contributed by atoms with van der Waals surface area (Å²) in [5.74, 6) is 3.59. The van der Waals surface area contributed by atoms with Crippen LogP contribution in [0.3, 0.4) is 0 Å². The Bertz CT molecular complexity index is 1790. The van der Waals surface area contributed by atoms with E-state index in [1.165, 1.54) is 22.4 Å². The maximum Gasteiger partial charge on any atom is 0.203 e. The number of nitrogens with zero attached hydrogens (tertiary/aromatic N) is 4. The van der Waals surface area contributed by atoms with Crippen molar-refractivity contribution in [3.8, 4) is 40.0 Å². The van der Waals surface area contributed by atoms with Crippen molar-refractivity contribution in [2.24, 2.45) is 0 Å². The van der Waals surface area contributed by atoms with E-state index in [0.29, 0.717) is 23.3 Å². The monoisotopic (exact) mass is 676 g/mol. The van der Waals surface area contributed by atoms with Gasteiger partial charge in [0.2, 0.25) is 5.75 Å². The number of hydrogen-bond acceptors (Lipinski definition) is 9. The third-order valence-electron chi connectivity index (χ3n) is 9.55. The van der Waals surface area contributed by atoms with Gasteiger partial charge in [0.25, 0.3) is 0 Å². The van der Waals surface area contributed by atoms with Crippen LogP contribution in [0.15, 0.2) is 96.8 Å². The highest BCUT2D eigenvalue weighted by Crippen LogP contribution is 2.41. The molecule has 0 spiro atoms. The van der Waals surface area contributed by atoms with Crippen molar-refractivity contribution >= 4 is 11.3 Å². The van der Waals surface area contributed by atoms with Gasteiger partial charge in [-0.3, -0.25) is 9.88 Å². The molecule has 3 aromatic carbocycles. The van der Waals surface area contributed by atoms with Crippen LogP contribution in [0.1, 0.15) is 24.0 Å². The van der Waals surface area contributed by atoms with Gasteiger partial charge in [0.1, 0.15) is 11.5 Å². The third-order valence-corrected chi connectivity index (χ3v) is 9.55. The minimum Gasteiger partial charge on any atom is -0.497 e. The normalized spacial score (nSPS) is 15.2. The Morgan fingerprint density at radius 1 is 0.760 bits per heavy atom. The Hall–Kier alpha value is -5.15. The van der Waals surface area contributed by atoms with Gasteiger partial charge >= 0.3 is 0 Å². The van der Waals surface area contributed by atoms with Gasteiger partial charge in [-0.1, -0.05) is 18.2 Å². The Morgan fingerprint density at radius 3 is 2.14 bits per heavy atom. The molecule has 1 fully saturated rings. The highest BCUT2D eigenvalue weighted by atomic mass is 16.5. The van der Waals surface area contributed by atoms with Crippen LogP contribution >= 0.6 is 0 Å². The summed E-state index contributed by atoms with van der Waals surface area (Å²) in [6.07, 6.45) is 8.61. The summed E-state index contributed by atoms with van der Waals surface area (Å²) in [6, 6.07) is 25.3. The van der Waals surface area contributed by atoms with Gasteiger partial charge in [-0.05, 0) is 95.8 Å². The smallest absolute Gasteiger partial charge is 0.203 e. The second-order valence-electron chi connectivity index (χ2n) is 12.8. The number of hydrogen-bond donors (Lipinski definition) is 0. The van der Waals surface area contributed by atoms with Crippen molar-refractivity contribution in [3.63, 3.8) is 0 Å². The van der Waals surface area contributed by atoms with E-state index in [-0.39, 0.29) is 0 Å². The Kier molecular flexibility index (Phi) is 11.1. The van der Waals surface area contributed by atoms with Crippen LogP contribution in [-0.4, -0.2) is 89.6 Å². The number of likely N-dealkylation sites (tertiary alicyclic amines) is 1. The van der Waals surface area contributed by atoms with Gasteiger partial charge in [-0.25, -0.2) is 0 Å². The molecule has 9 nitrogen and oxygen atoms in total. The molecule has 1 aromatic heterocycles. The molecule has 2 aliphatic heterocycles. The molecule has 2 aliphatic rings. The van der Waals surface area contributed by atoms with E-state index in [4.69, 9.17) is 23.7 Å². The lowest BCUT2D eigenvalue weighted by atomic mass is 9.97. The number of aromatic nitrogens is 1. The van der Waals surface area contributed by atoms with Gasteiger partial charge in [0.05, 0.1) is 41.2 Å². The van der Waals surface area contributed by atoms with Gasteiger partial charge in [0, 0.05) is 69.5 Å². The summed E-state index contributed by atoms with van der Waals surface area (Å²) in [7, 11) is 10.5. The first-order chi connectivity index (χ1) is 24.4. The van der Waals surface area contributed by atoms with Gasteiger partial charge in [-0.2, -0.15) is 0 Å². The van der Waals surface area contributed by atoms with Crippen molar-refractivity contribution in [2.75, 3.05) is 73.7 Å². The molecule has 0 atom stereocenters. The zero-order valence-corrected chi connectivity index (χ0v) is 30.0. The summed E-state index contributed by atoms with van der Waals surface area (Å²) in [4.78, 5) is 12.0. The van der Waals surface area contributed by atoms with E-state index < -0.39 is 0 Å². The van der Waals surface area contributed by atoms with Crippen LogP contribution in [0.25, 0.3) is 16.8 Å². The van der Waals surface area contributed by atoms with Crippen LogP contribution in [0.4, 0.5) is 5.69 Å². The first kappa shape index (κ1) is 34.7. The number of anilines is 1. The minimum atomic E-state index is 0.385. The number of rotatable bonds is 13. The predicted octanol–water partition coefficient (Wildman–Crippen LogP) is 7.18. The molecule has 0 saturated carbocycles. The Morgan fingerprint density at radius 2 is 1.48 bits per heavy atom. The van der Waals surface area contributed by atoms with Gasteiger partial charge in [-0.15, -0.1) is 0 Å². The van der Waals surface area contributed by atoms with Crippen LogP contribution in [0, 0.1) is 0 Å². The standard InChI is InChI=1S/C41H48N4O5/c1-43-25-30(20-33(28-43)32-23-39(48-4)41(50-6)40(24-32)49-5)27-45(34-10-12-36(46-2)13-11-34)35-15-18-44(19-16-35)26-29-14-17-42-38(21-29)31-8-7-9-37(22-31)47-3/h7-14,17,20-25,35H,15-16,18-19,26-28H2,1-6H3. The average molecular weight is 677 g/mol. The summed E-state index contributed by atoms with van der Waals surface area (Å²) >= 11 is 0. The number of ether oxygens (including phenoxy) is 5. The molecule has 3 heterocycles. The van der Waals surface area contributed by atoms with Crippen molar-refractivity contribution in [1.29, 1.82) is 0 Å². The van der Waals surface area contributed by atoms with E-state index in [2.05, 4.69) is 81.5 Å². The van der Waals surface area contributed by atoms with E-state index in [9.17, 15) is 0 Å². The first-order valence-corrected chi connectivity index (χ1v) is 17.1. The largest absolute Gasteiger partial charge is 0.497 e. The van der Waals surface area contributed by atoms with Gasteiger partial charge in [0.15, 0.2) is 11.5 Å². The Balaban J connectivity index is 1.20. The number of likely N-dealkylation sites (N-methyl/N-ethyl adjacent to an activating group) is 1. The molecule has 6 rings (SSSR count). The van der Waals surface area contributed by atoms with Crippen LogP contribution < -0.4 is 28.6 Å². The molecule has 0 bridgehead atoms. The number of benzene rings is 3. The fraction of sp³-hybridized carbons (Fsp3) is 0.341. The summed E-state index contributed by atoms with van der Waals surface area (Å²) in [6.45, 7) is 4.48. The molecular weight excluding hydrogens is 628 g/mol. The maximum absolute atomic E-state index is 5.67. The zero-order chi connectivity index (χ0) is 35.0. The van der Waals surface area contributed by atoms with Crippen molar-refractivity contribution in [1.82, 2.24) is 14.8 Å². The van der Waals surface area contributed by atoms with Crippen LogP contribution in [0.5, 0.6) is 28.7 Å². The molecule has 50 heavy (non-hydrogen) atoms. The molecule has 1 saturated heterocycles. The molecule has 0 N–H and O–H groups in total. The lowest BCUT2D eigenvalue weighted by Gasteiger charge is -2.40. The first-order valence-electron chi connectivity index (χ1n) is 17.1. The van der Waals surface area contributed by atoms with E-state index in [1.807, 2.05) is 36.5 Å². The maximum atomic E-state index is 5.67. The topological polar surface area (TPSA) is 68.8 Å². The van der Waals surface area contributed by atoms with E-state index in [0.717, 1.165) is 73.9 Å². The quantitative estimate of drug-likeness (QED) is 0.147.